The number of anilines is 3. The SMILES string of the molecule is CC(C)n1cc(C(=O)c2cncc(NC(=O)Nc3cccc(F)c3)c2)c2c(N)ncnc21. The summed E-state index contributed by atoms with van der Waals surface area (Å²) in [4.78, 5) is 37.9. The van der Waals surface area contributed by atoms with E-state index in [0.29, 0.717) is 28.0 Å². The van der Waals surface area contributed by atoms with Crippen molar-refractivity contribution in [1.29, 1.82) is 0 Å². The van der Waals surface area contributed by atoms with Crippen LogP contribution in [0, 0.1) is 5.82 Å². The van der Waals surface area contributed by atoms with Crippen molar-refractivity contribution >= 4 is 40.0 Å². The fourth-order valence-corrected chi connectivity index (χ4v) is 3.32. The Kier molecular flexibility index (Phi) is 5.50. The Hall–Kier alpha value is -4.34. The molecule has 0 radical (unpaired) electrons. The van der Waals surface area contributed by atoms with Crippen LogP contribution in [0.15, 0.2) is 55.2 Å². The lowest BCUT2D eigenvalue weighted by Gasteiger charge is -2.08. The molecule has 1 aromatic carbocycles. The monoisotopic (exact) mass is 433 g/mol. The molecule has 4 rings (SSSR count). The van der Waals surface area contributed by atoms with Gasteiger partial charge >= 0.3 is 6.03 Å². The van der Waals surface area contributed by atoms with Crippen LogP contribution in [-0.2, 0) is 0 Å². The number of rotatable bonds is 5. The minimum Gasteiger partial charge on any atom is -0.383 e. The molecule has 0 fully saturated rings. The minimum atomic E-state index is -0.601. The zero-order valence-electron chi connectivity index (χ0n) is 17.3. The number of nitrogens with two attached hydrogens (primary N) is 1. The van der Waals surface area contributed by atoms with Crippen LogP contribution in [0.1, 0.15) is 35.8 Å². The zero-order valence-corrected chi connectivity index (χ0v) is 17.3. The molecule has 3 aromatic heterocycles. The fourth-order valence-electron chi connectivity index (χ4n) is 3.32. The Morgan fingerprint density at radius 1 is 1.09 bits per heavy atom. The summed E-state index contributed by atoms with van der Waals surface area (Å²) >= 11 is 0. The maximum absolute atomic E-state index is 13.3. The highest BCUT2D eigenvalue weighted by atomic mass is 19.1. The molecule has 0 aliphatic carbocycles. The highest BCUT2D eigenvalue weighted by Gasteiger charge is 2.22. The highest BCUT2D eigenvalue weighted by Crippen LogP contribution is 2.28. The summed E-state index contributed by atoms with van der Waals surface area (Å²) in [7, 11) is 0. The van der Waals surface area contributed by atoms with Gasteiger partial charge in [-0.1, -0.05) is 6.07 Å². The van der Waals surface area contributed by atoms with Gasteiger partial charge in [0.25, 0.3) is 0 Å². The van der Waals surface area contributed by atoms with Crippen molar-refractivity contribution in [3.63, 3.8) is 0 Å². The fraction of sp³-hybridized carbons (Fsp3) is 0.136. The van der Waals surface area contributed by atoms with Crippen molar-refractivity contribution in [2.24, 2.45) is 0 Å². The molecule has 0 bridgehead atoms. The van der Waals surface area contributed by atoms with Crippen LogP contribution in [0.5, 0.6) is 0 Å². The van der Waals surface area contributed by atoms with Crippen LogP contribution >= 0.6 is 0 Å². The molecule has 4 N–H and O–H groups in total. The second-order valence-electron chi connectivity index (χ2n) is 7.38. The van der Waals surface area contributed by atoms with Gasteiger partial charge < -0.3 is 20.9 Å². The van der Waals surface area contributed by atoms with Gasteiger partial charge in [-0.15, -0.1) is 0 Å². The molecule has 0 spiro atoms. The Balaban J connectivity index is 1.61. The Morgan fingerprint density at radius 3 is 2.62 bits per heavy atom. The van der Waals surface area contributed by atoms with Crippen molar-refractivity contribution < 1.29 is 14.0 Å². The molecule has 2 amide bonds. The van der Waals surface area contributed by atoms with E-state index in [1.165, 1.54) is 43.0 Å². The van der Waals surface area contributed by atoms with Crippen molar-refractivity contribution in [3.8, 4) is 0 Å². The predicted octanol–water partition coefficient (Wildman–Crippen LogP) is 4.00. The number of aromatic nitrogens is 4. The average molecular weight is 433 g/mol. The lowest BCUT2D eigenvalue weighted by atomic mass is 10.1. The van der Waals surface area contributed by atoms with E-state index < -0.39 is 11.8 Å². The number of carbonyl (C=O) groups is 2. The number of nitrogens with zero attached hydrogens (tertiary/aromatic N) is 4. The Labute approximate surface area is 182 Å². The molecule has 4 aromatic rings. The van der Waals surface area contributed by atoms with Crippen LogP contribution in [0.25, 0.3) is 11.0 Å². The number of pyridine rings is 1. The van der Waals surface area contributed by atoms with Crippen LogP contribution < -0.4 is 16.4 Å². The van der Waals surface area contributed by atoms with Crippen molar-refractivity contribution in [2.45, 2.75) is 19.9 Å². The number of carbonyl (C=O) groups excluding carboxylic acids is 2. The number of ketones is 1. The first-order valence-corrected chi connectivity index (χ1v) is 9.78. The summed E-state index contributed by atoms with van der Waals surface area (Å²) < 4.78 is 15.1. The molecule has 0 atom stereocenters. The first-order chi connectivity index (χ1) is 15.3. The zero-order chi connectivity index (χ0) is 22.8. The molecule has 9 nitrogen and oxygen atoms in total. The van der Waals surface area contributed by atoms with Crippen molar-refractivity contribution in [3.05, 3.63) is 72.2 Å². The molecule has 0 saturated heterocycles. The largest absolute Gasteiger partial charge is 0.383 e. The summed E-state index contributed by atoms with van der Waals surface area (Å²) in [6, 6.07) is 6.44. The van der Waals surface area contributed by atoms with Gasteiger partial charge in [-0.2, -0.15) is 0 Å². The number of hydrogen-bond donors (Lipinski definition) is 3. The van der Waals surface area contributed by atoms with Crippen LogP contribution in [0.4, 0.5) is 26.4 Å². The highest BCUT2D eigenvalue weighted by molar-refractivity contribution is 6.18. The number of nitrogens with one attached hydrogen (secondary N) is 2. The summed E-state index contributed by atoms with van der Waals surface area (Å²) in [5.41, 5.74) is 7.78. The molecule has 0 aliphatic heterocycles. The molecule has 0 aliphatic rings. The standard InChI is InChI=1S/C22H20FN7O2/c1-12(2)30-10-17(18-20(24)26-11-27-21(18)30)19(31)13-6-16(9-25-8-13)29-22(32)28-15-5-3-4-14(23)7-15/h3-12H,1-2H3,(H2,24,26,27)(H2,28,29,32). The van der Waals surface area contributed by atoms with Crippen LogP contribution in [-0.4, -0.2) is 31.3 Å². The third-order valence-corrected chi connectivity index (χ3v) is 4.78. The third-order valence-electron chi connectivity index (χ3n) is 4.78. The maximum Gasteiger partial charge on any atom is 0.323 e. The van der Waals surface area contributed by atoms with Gasteiger partial charge in [0.1, 0.15) is 23.6 Å². The van der Waals surface area contributed by atoms with E-state index in [1.54, 1.807) is 12.3 Å². The van der Waals surface area contributed by atoms with E-state index in [0.717, 1.165) is 0 Å². The van der Waals surface area contributed by atoms with Gasteiger partial charge in [-0.05, 0) is 38.1 Å². The summed E-state index contributed by atoms with van der Waals surface area (Å²) in [5.74, 6) is -0.604. The molecular weight excluding hydrogens is 413 g/mol. The second-order valence-corrected chi connectivity index (χ2v) is 7.38. The average Bonchev–Trinajstić information content (AvgIpc) is 3.15. The molecule has 3 heterocycles. The molecular formula is C22H20FN7O2. The number of nitrogen functional groups attached to an aromatic ring is 1. The quantitative estimate of drug-likeness (QED) is 0.408. The lowest BCUT2D eigenvalue weighted by Crippen LogP contribution is -2.19. The smallest absolute Gasteiger partial charge is 0.323 e. The molecule has 0 saturated carbocycles. The first-order valence-electron chi connectivity index (χ1n) is 9.78. The predicted molar refractivity (Wildman–Crippen MR) is 119 cm³/mol. The number of urea groups is 1. The molecule has 10 heteroatoms. The third kappa shape index (κ3) is 4.10. The van der Waals surface area contributed by atoms with E-state index in [9.17, 15) is 14.0 Å². The molecule has 162 valence electrons. The van der Waals surface area contributed by atoms with Gasteiger partial charge in [0, 0.05) is 29.7 Å². The van der Waals surface area contributed by atoms with Crippen molar-refractivity contribution in [2.75, 3.05) is 16.4 Å². The van der Waals surface area contributed by atoms with Gasteiger partial charge in [-0.3, -0.25) is 9.78 Å². The number of halogens is 1. The van der Waals surface area contributed by atoms with Gasteiger partial charge in [0.15, 0.2) is 5.78 Å². The molecule has 0 unspecified atom stereocenters. The summed E-state index contributed by atoms with van der Waals surface area (Å²) in [6.45, 7) is 3.94. The Morgan fingerprint density at radius 2 is 1.88 bits per heavy atom. The number of benzene rings is 1. The van der Waals surface area contributed by atoms with Crippen molar-refractivity contribution in [1.82, 2.24) is 19.5 Å². The number of fused-ring (bicyclic) bond motifs is 1. The lowest BCUT2D eigenvalue weighted by molar-refractivity contribution is 0.103. The molecule has 32 heavy (non-hydrogen) atoms. The van der Waals surface area contributed by atoms with Crippen LogP contribution in [0.2, 0.25) is 0 Å². The topological polar surface area (TPSA) is 128 Å². The maximum atomic E-state index is 13.3. The van der Waals surface area contributed by atoms with E-state index in [1.807, 2.05) is 18.4 Å². The Bertz CT molecular complexity index is 1330. The first kappa shape index (κ1) is 20.9. The van der Waals surface area contributed by atoms with E-state index in [4.69, 9.17) is 5.73 Å². The number of amides is 2. The van der Waals surface area contributed by atoms with Gasteiger partial charge in [-0.25, -0.2) is 19.2 Å². The van der Waals surface area contributed by atoms with Gasteiger partial charge in [0.2, 0.25) is 0 Å². The van der Waals surface area contributed by atoms with E-state index in [-0.39, 0.29) is 23.2 Å². The normalized spacial score (nSPS) is 11.0. The summed E-state index contributed by atoms with van der Waals surface area (Å²) in [6.07, 6.45) is 5.85. The van der Waals surface area contributed by atoms with Gasteiger partial charge in [0.05, 0.1) is 22.8 Å². The summed E-state index contributed by atoms with van der Waals surface area (Å²) in [5, 5.41) is 5.57. The van der Waals surface area contributed by atoms with E-state index >= 15 is 0 Å². The second kappa shape index (κ2) is 8.42. The number of hydrogen-bond acceptors (Lipinski definition) is 6. The minimum absolute atomic E-state index is 0.0472. The van der Waals surface area contributed by atoms with E-state index in [2.05, 4.69) is 25.6 Å². The van der Waals surface area contributed by atoms with Crippen LogP contribution in [0.3, 0.4) is 0 Å².